The second-order valence-electron chi connectivity index (χ2n) is 3.81. The van der Waals surface area contributed by atoms with Crippen molar-refractivity contribution in [3.63, 3.8) is 0 Å². The summed E-state index contributed by atoms with van der Waals surface area (Å²) >= 11 is 5.80. The first-order valence-electron chi connectivity index (χ1n) is 4.68. The van der Waals surface area contributed by atoms with Crippen molar-refractivity contribution in [3.8, 4) is 0 Å². The summed E-state index contributed by atoms with van der Waals surface area (Å²) in [7, 11) is -2.76. The third-order valence-corrected chi connectivity index (χ3v) is 2.86. The van der Waals surface area contributed by atoms with E-state index < -0.39 is 19.9 Å². The normalized spacial score (nSPS) is 14.9. The first kappa shape index (κ1) is 13.5. The summed E-state index contributed by atoms with van der Waals surface area (Å²) in [4.78, 5) is 0. The van der Waals surface area contributed by atoms with Crippen molar-refractivity contribution >= 4 is 18.7 Å². The Bertz CT molecular complexity index is 334. The maximum Gasteiger partial charge on any atom is 0.417 e. The molecule has 0 heterocycles. The van der Waals surface area contributed by atoms with Crippen LogP contribution in [-0.4, -0.2) is 13.8 Å². The van der Waals surface area contributed by atoms with Gasteiger partial charge in [0.05, 0.1) is 0 Å². The van der Waals surface area contributed by atoms with Crippen molar-refractivity contribution in [2.24, 2.45) is 0 Å². The zero-order valence-corrected chi connectivity index (χ0v) is 10.6. The van der Waals surface area contributed by atoms with E-state index in [2.05, 4.69) is 0 Å². The van der Waals surface area contributed by atoms with Gasteiger partial charge in [-0.1, -0.05) is 30.3 Å². The number of rotatable bonds is 3. The molecule has 0 aliphatic carbocycles. The Hall–Kier alpha value is -0.523. The maximum absolute atomic E-state index is 12.8. The van der Waals surface area contributed by atoms with E-state index in [9.17, 15) is 13.2 Å². The SMILES string of the molecule is C[Si](C)(Cl)O[C@@H](c1ccccc1)C(F)(F)F. The van der Waals surface area contributed by atoms with E-state index in [0.29, 0.717) is 0 Å². The molecule has 0 radical (unpaired) electrons. The van der Waals surface area contributed by atoms with E-state index in [1.807, 2.05) is 0 Å². The van der Waals surface area contributed by atoms with Gasteiger partial charge in [0.15, 0.2) is 6.10 Å². The highest BCUT2D eigenvalue weighted by Crippen LogP contribution is 2.38. The van der Waals surface area contributed by atoms with Gasteiger partial charge in [0, 0.05) is 0 Å². The Morgan fingerprint density at radius 3 is 2.06 bits per heavy atom. The molecule has 0 amide bonds. The lowest BCUT2D eigenvalue weighted by atomic mass is 10.1. The van der Waals surface area contributed by atoms with Crippen molar-refractivity contribution in [3.05, 3.63) is 35.9 Å². The smallest absolute Gasteiger partial charge is 0.388 e. The van der Waals surface area contributed by atoms with Crippen LogP contribution in [0.4, 0.5) is 13.2 Å². The molecule has 0 aliphatic heterocycles. The predicted molar refractivity (Wildman–Crippen MR) is 59.7 cm³/mol. The summed E-state index contributed by atoms with van der Waals surface area (Å²) in [5, 5.41) is 0. The van der Waals surface area contributed by atoms with E-state index in [1.54, 1.807) is 18.2 Å². The molecule has 0 saturated carbocycles. The largest absolute Gasteiger partial charge is 0.417 e. The molecule has 0 saturated heterocycles. The van der Waals surface area contributed by atoms with Crippen LogP contribution in [0.15, 0.2) is 30.3 Å². The number of hydrogen-bond donors (Lipinski definition) is 0. The number of benzene rings is 1. The molecule has 0 aliphatic rings. The van der Waals surface area contributed by atoms with Crippen molar-refractivity contribution in [1.82, 2.24) is 0 Å². The highest BCUT2D eigenvalue weighted by Gasteiger charge is 2.44. The number of halogens is 4. The van der Waals surface area contributed by atoms with Crippen LogP contribution < -0.4 is 0 Å². The Morgan fingerprint density at radius 2 is 1.69 bits per heavy atom. The topological polar surface area (TPSA) is 9.23 Å². The quantitative estimate of drug-likeness (QED) is 0.588. The van der Waals surface area contributed by atoms with Gasteiger partial charge in [0.1, 0.15) is 0 Å². The van der Waals surface area contributed by atoms with Crippen LogP contribution in [0.1, 0.15) is 11.7 Å². The zero-order chi connectivity index (χ0) is 12.4. The molecule has 6 heteroatoms. The summed E-state index contributed by atoms with van der Waals surface area (Å²) in [5.41, 5.74) is 0.0798. The van der Waals surface area contributed by atoms with Gasteiger partial charge in [0.2, 0.25) is 0 Å². The fraction of sp³-hybridized carbons (Fsp3) is 0.400. The molecule has 1 atom stereocenters. The van der Waals surface area contributed by atoms with Gasteiger partial charge in [0.25, 0.3) is 7.63 Å². The van der Waals surface area contributed by atoms with Crippen LogP contribution in [0.3, 0.4) is 0 Å². The Morgan fingerprint density at radius 1 is 1.19 bits per heavy atom. The van der Waals surface area contributed by atoms with Crippen LogP contribution in [0.2, 0.25) is 13.1 Å². The molecule has 90 valence electrons. The summed E-state index contributed by atoms with van der Waals surface area (Å²) < 4.78 is 43.3. The van der Waals surface area contributed by atoms with Gasteiger partial charge in [-0.15, -0.1) is 11.1 Å². The van der Waals surface area contributed by atoms with Crippen molar-refractivity contribution in [1.29, 1.82) is 0 Å². The van der Waals surface area contributed by atoms with Crippen LogP contribution in [-0.2, 0) is 4.43 Å². The fourth-order valence-corrected chi connectivity index (χ4v) is 2.33. The monoisotopic (exact) mass is 268 g/mol. The molecule has 16 heavy (non-hydrogen) atoms. The minimum Gasteiger partial charge on any atom is -0.388 e. The van der Waals surface area contributed by atoms with Crippen molar-refractivity contribution < 1.29 is 17.6 Å². The van der Waals surface area contributed by atoms with Gasteiger partial charge < -0.3 is 4.43 Å². The molecule has 1 aromatic rings. The summed E-state index contributed by atoms with van der Waals surface area (Å²) in [6.07, 6.45) is -6.38. The first-order valence-corrected chi connectivity index (χ1v) is 8.60. The summed E-state index contributed by atoms with van der Waals surface area (Å²) in [6, 6.07) is 7.50. The van der Waals surface area contributed by atoms with Gasteiger partial charge in [-0.3, -0.25) is 0 Å². The third-order valence-electron chi connectivity index (χ3n) is 1.80. The van der Waals surface area contributed by atoms with Gasteiger partial charge in [-0.2, -0.15) is 13.2 Å². The lowest BCUT2D eigenvalue weighted by molar-refractivity contribution is -0.199. The minimum absolute atomic E-state index is 0.0798. The highest BCUT2D eigenvalue weighted by molar-refractivity contribution is 7.15. The van der Waals surface area contributed by atoms with Crippen LogP contribution in [0.25, 0.3) is 0 Å². The van der Waals surface area contributed by atoms with Crippen molar-refractivity contribution in [2.75, 3.05) is 0 Å². The maximum atomic E-state index is 12.8. The molecule has 1 rings (SSSR count). The van der Waals surface area contributed by atoms with E-state index in [0.717, 1.165) is 0 Å². The predicted octanol–water partition coefficient (Wildman–Crippen LogP) is 4.25. The average molecular weight is 269 g/mol. The minimum atomic E-state index is -4.44. The summed E-state index contributed by atoms with van der Waals surface area (Å²) in [6.45, 7) is 3.02. The molecule has 1 nitrogen and oxygen atoms in total. The van der Waals surface area contributed by atoms with E-state index in [4.69, 9.17) is 15.5 Å². The number of alkyl halides is 3. The Labute approximate surface area is 98.0 Å². The molecular weight excluding hydrogens is 257 g/mol. The highest BCUT2D eigenvalue weighted by atomic mass is 35.6. The fourth-order valence-electron chi connectivity index (χ4n) is 1.23. The zero-order valence-electron chi connectivity index (χ0n) is 8.88. The molecule has 0 aromatic heterocycles. The Kier molecular flexibility index (Phi) is 4.04. The average Bonchev–Trinajstić information content (AvgIpc) is 2.13. The molecular formula is C10H12ClF3OSi. The second-order valence-corrected chi connectivity index (χ2v) is 9.51. The van der Waals surface area contributed by atoms with E-state index in [1.165, 1.54) is 25.2 Å². The third kappa shape index (κ3) is 4.15. The van der Waals surface area contributed by atoms with Crippen LogP contribution >= 0.6 is 11.1 Å². The standard InChI is InChI=1S/C10H12ClF3OSi/c1-16(2,11)15-9(10(12,13)14)8-6-4-3-5-7-8/h3-7,9H,1-2H3/t9-/m0/s1. The Balaban J connectivity index is 2.98. The van der Waals surface area contributed by atoms with Crippen LogP contribution in [0.5, 0.6) is 0 Å². The molecule has 0 spiro atoms. The lowest BCUT2D eigenvalue weighted by Crippen LogP contribution is -2.33. The van der Waals surface area contributed by atoms with Crippen LogP contribution in [0, 0.1) is 0 Å². The molecule has 1 aromatic carbocycles. The van der Waals surface area contributed by atoms with E-state index in [-0.39, 0.29) is 5.56 Å². The van der Waals surface area contributed by atoms with Gasteiger partial charge in [-0.05, 0) is 18.7 Å². The molecule has 0 fully saturated rings. The van der Waals surface area contributed by atoms with Gasteiger partial charge in [-0.25, -0.2) is 0 Å². The first-order chi connectivity index (χ1) is 7.20. The molecule has 0 unspecified atom stereocenters. The summed E-state index contributed by atoms with van der Waals surface area (Å²) in [5.74, 6) is 0. The van der Waals surface area contributed by atoms with Gasteiger partial charge >= 0.3 is 6.18 Å². The van der Waals surface area contributed by atoms with Crippen molar-refractivity contribution in [2.45, 2.75) is 25.4 Å². The second kappa shape index (κ2) is 4.77. The van der Waals surface area contributed by atoms with E-state index >= 15 is 0 Å². The number of hydrogen-bond acceptors (Lipinski definition) is 1. The lowest BCUT2D eigenvalue weighted by Gasteiger charge is -2.26. The molecule has 0 N–H and O–H groups in total. The molecule has 0 bridgehead atoms.